The maximum atomic E-state index is 13.4. The van der Waals surface area contributed by atoms with Crippen molar-refractivity contribution in [1.29, 1.82) is 0 Å². The lowest BCUT2D eigenvalue weighted by Crippen LogP contribution is -2.36. The first-order valence-corrected chi connectivity index (χ1v) is 6.58. The molecule has 98 valence electrons. The average Bonchev–Trinajstić information content (AvgIpc) is 3.20. The summed E-state index contributed by atoms with van der Waals surface area (Å²) < 4.78 is 13.4. The first-order chi connectivity index (χ1) is 8.59. The highest BCUT2D eigenvalue weighted by atomic mass is 19.1. The second-order valence-electron chi connectivity index (χ2n) is 5.17. The van der Waals surface area contributed by atoms with Crippen molar-refractivity contribution in [3.8, 4) is 0 Å². The lowest BCUT2D eigenvalue weighted by atomic mass is 10.1. The Kier molecular flexibility index (Phi) is 4.00. The molecule has 0 bridgehead atoms. The summed E-state index contributed by atoms with van der Waals surface area (Å²) in [4.78, 5) is 13.8. The van der Waals surface area contributed by atoms with E-state index >= 15 is 0 Å². The van der Waals surface area contributed by atoms with Crippen LogP contribution in [-0.2, 0) is 11.2 Å². The van der Waals surface area contributed by atoms with Crippen LogP contribution >= 0.6 is 0 Å². The van der Waals surface area contributed by atoms with Gasteiger partial charge in [-0.05, 0) is 43.7 Å². The highest BCUT2D eigenvalue weighted by Gasteiger charge is 2.32. The number of hydrogen-bond donors (Lipinski definition) is 0. The molecule has 2 nitrogen and oxygen atoms in total. The molecular formula is C15H20FNO. The highest BCUT2D eigenvalue weighted by molar-refractivity contribution is 5.76. The van der Waals surface area contributed by atoms with Crippen LogP contribution in [0, 0.1) is 11.7 Å². The van der Waals surface area contributed by atoms with Crippen molar-refractivity contribution >= 4 is 5.91 Å². The van der Waals surface area contributed by atoms with E-state index < -0.39 is 0 Å². The second-order valence-corrected chi connectivity index (χ2v) is 5.17. The van der Waals surface area contributed by atoms with E-state index in [9.17, 15) is 9.18 Å². The first kappa shape index (κ1) is 13.1. The lowest BCUT2D eigenvalue weighted by molar-refractivity contribution is -0.132. The lowest BCUT2D eigenvalue weighted by Gasteiger charge is -2.25. The number of rotatable bonds is 5. The predicted molar refractivity (Wildman–Crippen MR) is 69.7 cm³/mol. The van der Waals surface area contributed by atoms with Crippen LogP contribution in [0.15, 0.2) is 24.3 Å². The number of carbonyl (C=O) groups is 1. The Bertz CT molecular complexity index is 428. The number of benzene rings is 1. The number of halogens is 1. The number of hydrogen-bond acceptors (Lipinski definition) is 1. The van der Waals surface area contributed by atoms with Gasteiger partial charge >= 0.3 is 0 Å². The van der Waals surface area contributed by atoms with Gasteiger partial charge in [0.1, 0.15) is 5.82 Å². The van der Waals surface area contributed by atoms with Gasteiger partial charge in [0.15, 0.2) is 0 Å². The van der Waals surface area contributed by atoms with E-state index in [1.165, 1.54) is 18.9 Å². The number of carbonyl (C=O) groups excluding carboxylic acids is 1. The molecule has 1 aliphatic carbocycles. The maximum Gasteiger partial charge on any atom is 0.222 e. The van der Waals surface area contributed by atoms with Gasteiger partial charge in [-0.2, -0.15) is 0 Å². The van der Waals surface area contributed by atoms with Crippen molar-refractivity contribution in [2.45, 2.75) is 38.6 Å². The fourth-order valence-corrected chi connectivity index (χ4v) is 2.24. The van der Waals surface area contributed by atoms with Gasteiger partial charge in [0.2, 0.25) is 5.91 Å². The van der Waals surface area contributed by atoms with Gasteiger partial charge in [0, 0.05) is 19.5 Å². The molecule has 1 saturated carbocycles. The fraction of sp³-hybridized carbons (Fsp3) is 0.533. The van der Waals surface area contributed by atoms with Crippen molar-refractivity contribution in [2.24, 2.45) is 5.92 Å². The minimum absolute atomic E-state index is 0.109. The molecule has 1 atom stereocenters. The largest absolute Gasteiger partial charge is 0.343 e. The van der Waals surface area contributed by atoms with E-state index in [2.05, 4.69) is 6.92 Å². The molecule has 0 aromatic heterocycles. The van der Waals surface area contributed by atoms with E-state index in [-0.39, 0.29) is 11.7 Å². The van der Waals surface area contributed by atoms with Gasteiger partial charge in [-0.3, -0.25) is 4.79 Å². The van der Waals surface area contributed by atoms with Crippen LogP contribution in [0.2, 0.25) is 0 Å². The summed E-state index contributed by atoms with van der Waals surface area (Å²) >= 11 is 0. The highest BCUT2D eigenvalue weighted by Crippen LogP contribution is 2.34. The topological polar surface area (TPSA) is 20.3 Å². The Morgan fingerprint density at radius 1 is 1.44 bits per heavy atom. The zero-order valence-electron chi connectivity index (χ0n) is 11.0. The van der Waals surface area contributed by atoms with Gasteiger partial charge in [0.25, 0.3) is 0 Å². The van der Waals surface area contributed by atoms with E-state index in [0.717, 1.165) is 0 Å². The summed E-state index contributed by atoms with van der Waals surface area (Å²) in [5, 5.41) is 0. The van der Waals surface area contributed by atoms with Crippen LogP contribution in [0.1, 0.15) is 31.7 Å². The van der Waals surface area contributed by atoms with Crippen LogP contribution in [0.3, 0.4) is 0 Å². The molecule has 18 heavy (non-hydrogen) atoms. The number of amides is 1. The second kappa shape index (κ2) is 5.51. The molecule has 1 aromatic carbocycles. The quantitative estimate of drug-likeness (QED) is 0.785. The minimum Gasteiger partial charge on any atom is -0.343 e. The molecule has 0 unspecified atom stereocenters. The van der Waals surface area contributed by atoms with Crippen LogP contribution in [0.4, 0.5) is 4.39 Å². The van der Waals surface area contributed by atoms with Gasteiger partial charge < -0.3 is 4.90 Å². The molecule has 3 heteroatoms. The Morgan fingerprint density at radius 2 is 2.11 bits per heavy atom. The van der Waals surface area contributed by atoms with Crippen molar-refractivity contribution in [1.82, 2.24) is 4.90 Å². The standard InChI is InChI=1S/C15H20FNO/c1-11(12-7-8-12)17(2)15(18)10-9-13-5-3-4-6-14(13)16/h3-6,11-12H,7-10H2,1-2H3/t11-/m1/s1. The molecule has 0 heterocycles. The Morgan fingerprint density at radius 3 is 2.72 bits per heavy atom. The van der Waals surface area contributed by atoms with E-state index in [1.54, 1.807) is 18.2 Å². The van der Waals surface area contributed by atoms with Crippen LogP contribution in [0.5, 0.6) is 0 Å². The van der Waals surface area contributed by atoms with Gasteiger partial charge in [-0.1, -0.05) is 18.2 Å². The average molecular weight is 249 g/mol. The van der Waals surface area contributed by atoms with Crippen molar-refractivity contribution in [3.63, 3.8) is 0 Å². The summed E-state index contributed by atoms with van der Waals surface area (Å²) in [5.41, 5.74) is 0.623. The van der Waals surface area contributed by atoms with E-state index in [4.69, 9.17) is 0 Å². The molecule has 0 aliphatic heterocycles. The van der Waals surface area contributed by atoms with Crippen molar-refractivity contribution in [3.05, 3.63) is 35.6 Å². The Hall–Kier alpha value is -1.38. The third kappa shape index (κ3) is 3.09. The van der Waals surface area contributed by atoms with Crippen LogP contribution in [-0.4, -0.2) is 23.9 Å². The first-order valence-electron chi connectivity index (χ1n) is 6.58. The molecule has 2 rings (SSSR count). The van der Waals surface area contributed by atoms with Crippen LogP contribution in [0.25, 0.3) is 0 Å². The molecule has 0 spiro atoms. The number of aryl methyl sites for hydroxylation is 1. The molecule has 1 fully saturated rings. The molecule has 1 aromatic rings. The minimum atomic E-state index is -0.219. The summed E-state index contributed by atoms with van der Waals surface area (Å²) in [7, 11) is 1.85. The maximum absolute atomic E-state index is 13.4. The van der Waals surface area contributed by atoms with Crippen molar-refractivity contribution in [2.75, 3.05) is 7.05 Å². The summed E-state index contributed by atoms with van der Waals surface area (Å²) in [5.74, 6) is 0.563. The number of nitrogens with zero attached hydrogens (tertiary/aromatic N) is 1. The van der Waals surface area contributed by atoms with Crippen LogP contribution < -0.4 is 0 Å². The summed E-state index contributed by atoms with van der Waals surface area (Å²) in [6, 6.07) is 6.98. The molecule has 1 aliphatic rings. The smallest absolute Gasteiger partial charge is 0.222 e. The summed E-state index contributed by atoms with van der Waals surface area (Å²) in [6.45, 7) is 2.10. The molecule has 0 radical (unpaired) electrons. The zero-order chi connectivity index (χ0) is 13.1. The monoisotopic (exact) mass is 249 g/mol. The molecule has 1 amide bonds. The third-order valence-corrected chi connectivity index (χ3v) is 3.87. The van der Waals surface area contributed by atoms with Gasteiger partial charge in [-0.15, -0.1) is 0 Å². The third-order valence-electron chi connectivity index (χ3n) is 3.87. The Labute approximate surface area is 108 Å². The van der Waals surface area contributed by atoms with E-state index in [0.29, 0.717) is 30.4 Å². The SMILES string of the molecule is C[C@H](C1CC1)N(C)C(=O)CCc1ccccc1F. The predicted octanol–water partition coefficient (Wildman–Crippen LogP) is 3.02. The zero-order valence-corrected chi connectivity index (χ0v) is 11.0. The Balaban J connectivity index is 1.86. The van der Waals surface area contributed by atoms with Gasteiger partial charge in [0.05, 0.1) is 0 Å². The van der Waals surface area contributed by atoms with E-state index in [1.807, 2.05) is 11.9 Å². The molecule has 0 N–H and O–H groups in total. The molecule has 0 saturated heterocycles. The van der Waals surface area contributed by atoms with Crippen molar-refractivity contribution < 1.29 is 9.18 Å². The normalized spacial score (nSPS) is 16.4. The van der Waals surface area contributed by atoms with Gasteiger partial charge in [-0.25, -0.2) is 4.39 Å². The fourth-order valence-electron chi connectivity index (χ4n) is 2.24. The summed E-state index contributed by atoms with van der Waals surface area (Å²) in [6.07, 6.45) is 3.32. The molecular weight excluding hydrogens is 229 g/mol.